The Bertz CT molecular complexity index is 423. The van der Waals surface area contributed by atoms with Crippen molar-refractivity contribution in [3.63, 3.8) is 0 Å². The minimum atomic E-state index is 0.0183. The first-order valence-corrected chi connectivity index (χ1v) is 5.52. The predicted molar refractivity (Wildman–Crippen MR) is 64.2 cm³/mol. The molecule has 5 nitrogen and oxygen atoms in total. The standard InChI is InChI=1S/C10H13ClN4O/c11-2-6-1-9(16)15(5-6)8-4-14-3-7(12)10(8)13/h3-4,6H,1-2,5,12H2,(H2,13,14). The molecule has 1 fully saturated rings. The van der Waals surface area contributed by atoms with Crippen molar-refractivity contribution in [1.82, 2.24) is 4.98 Å². The molecule has 0 bridgehead atoms. The first kappa shape index (κ1) is 11.0. The summed E-state index contributed by atoms with van der Waals surface area (Å²) < 4.78 is 0. The van der Waals surface area contributed by atoms with E-state index in [4.69, 9.17) is 23.1 Å². The van der Waals surface area contributed by atoms with Gasteiger partial charge in [-0.2, -0.15) is 0 Å². The van der Waals surface area contributed by atoms with Gasteiger partial charge < -0.3 is 16.4 Å². The van der Waals surface area contributed by atoms with Crippen LogP contribution in [0.25, 0.3) is 0 Å². The van der Waals surface area contributed by atoms with Gasteiger partial charge in [0.25, 0.3) is 0 Å². The number of pyridine rings is 1. The molecule has 6 heteroatoms. The van der Waals surface area contributed by atoms with E-state index in [0.29, 0.717) is 35.9 Å². The number of amides is 1. The Morgan fingerprint density at radius 1 is 1.50 bits per heavy atom. The number of alkyl halides is 1. The summed E-state index contributed by atoms with van der Waals surface area (Å²) in [7, 11) is 0. The van der Waals surface area contributed by atoms with Gasteiger partial charge in [0.05, 0.1) is 29.5 Å². The summed E-state index contributed by atoms with van der Waals surface area (Å²) in [6.45, 7) is 0.581. The normalized spacial score (nSPS) is 20.4. The number of anilines is 3. The average Bonchev–Trinajstić information content (AvgIpc) is 2.64. The van der Waals surface area contributed by atoms with E-state index in [-0.39, 0.29) is 11.8 Å². The van der Waals surface area contributed by atoms with E-state index in [2.05, 4.69) is 4.98 Å². The number of carbonyl (C=O) groups excluding carboxylic acids is 1. The van der Waals surface area contributed by atoms with Crippen LogP contribution >= 0.6 is 11.6 Å². The van der Waals surface area contributed by atoms with Gasteiger partial charge in [0.1, 0.15) is 0 Å². The Morgan fingerprint density at radius 2 is 2.25 bits per heavy atom. The van der Waals surface area contributed by atoms with Gasteiger partial charge >= 0.3 is 0 Å². The van der Waals surface area contributed by atoms with Gasteiger partial charge in [0, 0.05) is 18.8 Å². The van der Waals surface area contributed by atoms with Crippen molar-refractivity contribution >= 4 is 34.6 Å². The molecule has 1 saturated heterocycles. The van der Waals surface area contributed by atoms with Gasteiger partial charge in [0.2, 0.25) is 5.91 Å². The topological polar surface area (TPSA) is 85.2 Å². The van der Waals surface area contributed by atoms with Gasteiger partial charge in [-0.15, -0.1) is 11.6 Å². The molecule has 16 heavy (non-hydrogen) atoms. The lowest BCUT2D eigenvalue weighted by atomic mass is 10.1. The average molecular weight is 241 g/mol. The lowest BCUT2D eigenvalue weighted by Gasteiger charge is -2.18. The first-order valence-electron chi connectivity index (χ1n) is 4.98. The number of halogens is 1. The Kier molecular flexibility index (Phi) is 2.87. The maximum Gasteiger partial charge on any atom is 0.227 e. The van der Waals surface area contributed by atoms with Crippen LogP contribution in [0.15, 0.2) is 12.4 Å². The highest BCUT2D eigenvalue weighted by Crippen LogP contribution is 2.32. The van der Waals surface area contributed by atoms with Crippen LogP contribution in [-0.2, 0) is 4.79 Å². The summed E-state index contributed by atoms with van der Waals surface area (Å²) in [5.74, 6) is 0.664. The highest BCUT2D eigenvalue weighted by Gasteiger charge is 2.31. The molecule has 2 heterocycles. The minimum absolute atomic E-state index is 0.0183. The summed E-state index contributed by atoms with van der Waals surface area (Å²) >= 11 is 5.75. The van der Waals surface area contributed by atoms with Gasteiger partial charge in [-0.1, -0.05) is 0 Å². The summed E-state index contributed by atoms with van der Waals surface area (Å²) in [4.78, 5) is 17.3. The maximum atomic E-state index is 11.8. The van der Waals surface area contributed by atoms with Crippen LogP contribution in [0.5, 0.6) is 0 Å². The molecular weight excluding hydrogens is 228 g/mol. The molecule has 1 aliphatic heterocycles. The third-order valence-electron chi connectivity index (χ3n) is 2.71. The molecule has 1 aromatic rings. The summed E-state index contributed by atoms with van der Waals surface area (Å²) in [5, 5.41) is 0. The molecule has 0 aliphatic carbocycles. The second-order valence-corrected chi connectivity index (χ2v) is 4.20. The van der Waals surface area contributed by atoms with Crippen LogP contribution in [-0.4, -0.2) is 23.3 Å². The van der Waals surface area contributed by atoms with Crippen LogP contribution < -0.4 is 16.4 Å². The van der Waals surface area contributed by atoms with Crippen LogP contribution in [0.1, 0.15) is 6.42 Å². The molecule has 0 saturated carbocycles. The SMILES string of the molecule is Nc1cncc(N2CC(CCl)CC2=O)c1N. The Balaban J connectivity index is 2.31. The molecule has 0 aromatic carbocycles. The van der Waals surface area contributed by atoms with E-state index in [1.54, 1.807) is 11.1 Å². The van der Waals surface area contributed by atoms with Gasteiger partial charge in [-0.3, -0.25) is 9.78 Å². The molecule has 1 unspecified atom stereocenters. The fourth-order valence-electron chi connectivity index (χ4n) is 1.81. The molecule has 1 aromatic heterocycles. The van der Waals surface area contributed by atoms with Gasteiger partial charge in [-0.05, 0) is 5.92 Å². The second kappa shape index (κ2) is 4.17. The fourth-order valence-corrected chi connectivity index (χ4v) is 2.01. The third-order valence-corrected chi connectivity index (χ3v) is 3.15. The Labute approximate surface area is 98.4 Å². The van der Waals surface area contributed by atoms with Crippen molar-refractivity contribution in [3.05, 3.63) is 12.4 Å². The van der Waals surface area contributed by atoms with Crippen LogP contribution in [0.4, 0.5) is 17.1 Å². The summed E-state index contributed by atoms with van der Waals surface area (Å²) in [6.07, 6.45) is 3.48. The first-order chi connectivity index (χ1) is 7.63. The summed E-state index contributed by atoms with van der Waals surface area (Å²) in [6, 6.07) is 0. The van der Waals surface area contributed by atoms with E-state index < -0.39 is 0 Å². The molecule has 86 valence electrons. The van der Waals surface area contributed by atoms with Crippen LogP contribution in [0.3, 0.4) is 0 Å². The van der Waals surface area contributed by atoms with Crippen molar-refractivity contribution in [1.29, 1.82) is 0 Å². The predicted octanol–water partition coefficient (Wildman–Crippen LogP) is 0.838. The van der Waals surface area contributed by atoms with Crippen molar-refractivity contribution in [2.75, 3.05) is 28.8 Å². The molecule has 2 rings (SSSR count). The van der Waals surface area contributed by atoms with E-state index in [9.17, 15) is 4.79 Å². The lowest BCUT2D eigenvalue weighted by molar-refractivity contribution is -0.117. The number of nitrogens with two attached hydrogens (primary N) is 2. The zero-order chi connectivity index (χ0) is 11.7. The van der Waals surface area contributed by atoms with Crippen LogP contribution in [0.2, 0.25) is 0 Å². The van der Waals surface area contributed by atoms with E-state index in [1.165, 1.54) is 6.20 Å². The molecule has 1 amide bonds. The Morgan fingerprint density at radius 3 is 2.88 bits per heavy atom. The number of hydrogen-bond acceptors (Lipinski definition) is 4. The largest absolute Gasteiger partial charge is 0.396 e. The Hall–Kier alpha value is -1.49. The third kappa shape index (κ3) is 1.78. The molecule has 4 N–H and O–H groups in total. The number of nitrogen functional groups attached to an aromatic ring is 2. The highest BCUT2D eigenvalue weighted by molar-refractivity contribution is 6.18. The number of aromatic nitrogens is 1. The van der Waals surface area contributed by atoms with Crippen LogP contribution in [0, 0.1) is 5.92 Å². The second-order valence-electron chi connectivity index (χ2n) is 3.89. The maximum absolute atomic E-state index is 11.8. The number of nitrogens with zero attached hydrogens (tertiary/aromatic N) is 2. The monoisotopic (exact) mass is 240 g/mol. The van der Waals surface area contributed by atoms with Gasteiger partial charge in [0.15, 0.2) is 0 Å². The van der Waals surface area contributed by atoms with E-state index >= 15 is 0 Å². The van der Waals surface area contributed by atoms with Gasteiger partial charge in [-0.25, -0.2) is 0 Å². The molecule has 1 aliphatic rings. The van der Waals surface area contributed by atoms with Crippen molar-refractivity contribution in [3.8, 4) is 0 Å². The zero-order valence-electron chi connectivity index (χ0n) is 8.69. The van der Waals surface area contributed by atoms with E-state index in [1.807, 2.05) is 0 Å². The number of hydrogen-bond donors (Lipinski definition) is 2. The quantitative estimate of drug-likeness (QED) is 0.750. The number of rotatable bonds is 2. The van der Waals surface area contributed by atoms with Crippen molar-refractivity contribution in [2.45, 2.75) is 6.42 Å². The van der Waals surface area contributed by atoms with Crippen molar-refractivity contribution in [2.24, 2.45) is 5.92 Å². The lowest BCUT2D eigenvalue weighted by Crippen LogP contribution is -2.26. The number of carbonyl (C=O) groups is 1. The van der Waals surface area contributed by atoms with Crippen molar-refractivity contribution < 1.29 is 4.79 Å². The van der Waals surface area contributed by atoms with E-state index in [0.717, 1.165) is 0 Å². The molecule has 0 radical (unpaired) electrons. The highest BCUT2D eigenvalue weighted by atomic mass is 35.5. The summed E-state index contributed by atoms with van der Waals surface area (Å²) in [5.41, 5.74) is 12.8. The molecule has 1 atom stereocenters. The fraction of sp³-hybridized carbons (Fsp3) is 0.400. The molecular formula is C10H13ClN4O. The zero-order valence-corrected chi connectivity index (χ0v) is 9.44. The molecule has 0 spiro atoms. The minimum Gasteiger partial charge on any atom is -0.396 e. The smallest absolute Gasteiger partial charge is 0.227 e.